The summed E-state index contributed by atoms with van der Waals surface area (Å²) in [6, 6.07) is 0.705. The first-order valence-electron chi connectivity index (χ1n) is 11.6. The van der Waals surface area contributed by atoms with Crippen LogP contribution in [0.3, 0.4) is 0 Å². The Balaban J connectivity index is 2.89. The van der Waals surface area contributed by atoms with Gasteiger partial charge in [-0.25, -0.2) is 4.79 Å². The van der Waals surface area contributed by atoms with Crippen LogP contribution in [-0.2, 0) is 30.4 Å². The highest BCUT2D eigenvalue weighted by atomic mass is 16.4. The van der Waals surface area contributed by atoms with Crippen LogP contribution in [0.25, 0.3) is 0 Å². The van der Waals surface area contributed by atoms with Crippen molar-refractivity contribution < 1.29 is 44.4 Å². The fourth-order valence-corrected chi connectivity index (χ4v) is 3.10. The van der Waals surface area contributed by atoms with Gasteiger partial charge in [0.15, 0.2) is 0 Å². The number of nitrogens with two attached hydrogens (primary N) is 1. The Morgan fingerprint density at radius 2 is 1.49 bits per heavy atom. The average Bonchev–Trinajstić information content (AvgIpc) is 2.88. The maximum Gasteiger partial charge on any atom is 0.328 e. The lowest BCUT2D eigenvalue weighted by atomic mass is 9.98. The lowest BCUT2D eigenvalue weighted by Crippen LogP contribution is -2.57. The quantitative estimate of drug-likeness (QED) is 0.112. The molecule has 0 fully saturated rings. The van der Waals surface area contributed by atoms with Crippen molar-refractivity contribution in [3.8, 4) is 5.75 Å². The molecule has 0 unspecified atom stereocenters. The van der Waals surface area contributed by atoms with Crippen molar-refractivity contribution in [2.45, 2.75) is 50.9 Å². The number of carboxylic acid groups (broad SMARTS) is 1. The second-order valence-corrected chi connectivity index (χ2v) is 8.45. The fraction of sp³-hybridized carbons (Fsp3) is 0.522. The van der Waals surface area contributed by atoms with Crippen LogP contribution < -0.4 is 27.0 Å². The average molecular weight is 526 g/mol. The van der Waals surface area contributed by atoms with E-state index in [1.54, 1.807) is 13.8 Å². The number of hydrogen-bond acceptors (Lipinski definition) is 9. The third kappa shape index (κ3) is 10.4. The number of rotatable bonds is 15. The fourth-order valence-electron chi connectivity index (χ4n) is 3.10. The van der Waals surface area contributed by atoms with E-state index in [4.69, 9.17) is 21.1 Å². The normalized spacial score (nSPS) is 14.8. The van der Waals surface area contributed by atoms with Gasteiger partial charge in [0.2, 0.25) is 23.6 Å². The number of aliphatic hydroxyl groups is 2. The molecule has 5 atom stereocenters. The molecule has 0 aliphatic carbocycles. The van der Waals surface area contributed by atoms with Gasteiger partial charge in [0.25, 0.3) is 0 Å². The second kappa shape index (κ2) is 15.4. The molecule has 10 N–H and O–H groups in total. The molecule has 0 radical (unpaired) electrons. The summed E-state index contributed by atoms with van der Waals surface area (Å²) in [6.45, 7) is 1.35. The smallest absolute Gasteiger partial charge is 0.328 e. The molecule has 206 valence electrons. The number of phenols is 1. The van der Waals surface area contributed by atoms with Crippen LogP contribution in [0.15, 0.2) is 24.3 Å². The Morgan fingerprint density at radius 1 is 0.892 bits per heavy atom. The molecule has 0 saturated heterocycles. The van der Waals surface area contributed by atoms with Crippen LogP contribution in [0, 0.1) is 5.92 Å². The summed E-state index contributed by atoms with van der Waals surface area (Å²) in [6.07, 6.45) is 0.431. The van der Waals surface area contributed by atoms with Crippen LogP contribution >= 0.6 is 0 Å². The molecule has 0 saturated carbocycles. The Labute approximate surface area is 213 Å². The Bertz CT molecular complexity index is 941. The lowest BCUT2D eigenvalue weighted by Gasteiger charge is -2.25. The molecule has 4 amide bonds. The number of nitrogens with one attached hydrogen (secondary N) is 4. The molecule has 0 aromatic heterocycles. The number of benzene rings is 1. The van der Waals surface area contributed by atoms with E-state index in [0.717, 1.165) is 0 Å². The molecule has 0 aliphatic rings. The predicted molar refractivity (Wildman–Crippen MR) is 130 cm³/mol. The van der Waals surface area contributed by atoms with E-state index in [9.17, 15) is 29.1 Å². The summed E-state index contributed by atoms with van der Waals surface area (Å²) in [5.41, 5.74) is 6.08. The Kier molecular flexibility index (Phi) is 13.0. The zero-order chi connectivity index (χ0) is 28.1. The number of aliphatic hydroxyl groups excluding tert-OH is 2. The summed E-state index contributed by atoms with van der Waals surface area (Å²) >= 11 is 0. The first kappa shape index (κ1) is 31.3. The molecule has 37 heavy (non-hydrogen) atoms. The summed E-state index contributed by atoms with van der Waals surface area (Å²) in [7, 11) is 0. The van der Waals surface area contributed by atoms with Crippen molar-refractivity contribution in [2.75, 3.05) is 19.8 Å². The van der Waals surface area contributed by atoms with Gasteiger partial charge in [-0.2, -0.15) is 0 Å². The second-order valence-electron chi connectivity index (χ2n) is 8.45. The Morgan fingerprint density at radius 3 is 2.00 bits per heavy atom. The SMILES string of the molecule is CC[C@H](C)[C@H](NC(=O)CNC(=O)[C@H](Cc1ccc(O)cc1)NC(=O)[C@@H](N)CO)C(=O)N[C@@H](CO)C(=O)O. The number of carboxylic acids is 1. The third-order valence-electron chi connectivity index (χ3n) is 5.57. The highest BCUT2D eigenvalue weighted by molar-refractivity contribution is 5.94. The topological polar surface area (TPSA) is 240 Å². The zero-order valence-electron chi connectivity index (χ0n) is 20.6. The van der Waals surface area contributed by atoms with Gasteiger partial charge in [0, 0.05) is 6.42 Å². The molecular weight excluding hydrogens is 490 g/mol. The van der Waals surface area contributed by atoms with Crippen molar-refractivity contribution in [1.29, 1.82) is 0 Å². The number of carbonyl (C=O) groups is 5. The molecule has 1 rings (SSSR count). The predicted octanol–water partition coefficient (Wildman–Crippen LogP) is -3.05. The molecule has 0 spiro atoms. The minimum atomic E-state index is -1.55. The number of amides is 4. The van der Waals surface area contributed by atoms with E-state index in [1.807, 2.05) is 0 Å². The van der Waals surface area contributed by atoms with Crippen LogP contribution in [-0.4, -0.2) is 94.0 Å². The van der Waals surface area contributed by atoms with Gasteiger partial charge in [0.1, 0.15) is 29.9 Å². The monoisotopic (exact) mass is 525 g/mol. The summed E-state index contributed by atoms with van der Waals surface area (Å²) < 4.78 is 0. The Hall–Kier alpha value is -3.75. The molecule has 0 aliphatic heterocycles. The highest BCUT2D eigenvalue weighted by Crippen LogP contribution is 2.12. The van der Waals surface area contributed by atoms with E-state index >= 15 is 0 Å². The standard InChI is InChI=1S/C23H35N5O9/c1-3-12(2)19(22(35)27-17(11-30)23(36)37)28-18(32)9-25-21(34)16(26-20(33)15(24)10-29)8-13-4-6-14(31)7-5-13/h4-7,12,15-17,19,29-31H,3,8-11,24H2,1-2H3,(H,25,34)(H,26,33)(H,27,35)(H,28,32)(H,36,37)/t12-,15-,16-,17-,19-/m0/s1. The van der Waals surface area contributed by atoms with Crippen molar-refractivity contribution in [1.82, 2.24) is 21.3 Å². The van der Waals surface area contributed by atoms with Crippen LogP contribution in [0.4, 0.5) is 0 Å². The molecule has 0 bridgehead atoms. The molecule has 14 heteroatoms. The molecular formula is C23H35N5O9. The third-order valence-corrected chi connectivity index (χ3v) is 5.57. The molecule has 1 aromatic carbocycles. The highest BCUT2D eigenvalue weighted by Gasteiger charge is 2.30. The van der Waals surface area contributed by atoms with Crippen LogP contribution in [0.5, 0.6) is 5.75 Å². The first-order chi connectivity index (χ1) is 17.4. The summed E-state index contributed by atoms with van der Waals surface area (Å²) in [4.78, 5) is 61.2. The molecule has 0 heterocycles. The van der Waals surface area contributed by atoms with Gasteiger partial charge in [-0.05, 0) is 23.6 Å². The van der Waals surface area contributed by atoms with E-state index in [1.165, 1.54) is 24.3 Å². The van der Waals surface area contributed by atoms with Gasteiger partial charge in [-0.3, -0.25) is 19.2 Å². The minimum absolute atomic E-state index is 0.00123. The molecule has 14 nitrogen and oxygen atoms in total. The van der Waals surface area contributed by atoms with Gasteiger partial charge >= 0.3 is 5.97 Å². The zero-order valence-corrected chi connectivity index (χ0v) is 20.6. The number of hydrogen-bond donors (Lipinski definition) is 9. The van der Waals surface area contributed by atoms with Crippen molar-refractivity contribution in [2.24, 2.45) is 11.7 Å². The van der Waals surface area contributed by atoms with Crippen LogP contribution in [0.2, 0.25) is 0 Å². The maximum absolute atomic E-state index is 12.8. The van der Waals surface area contributed by atoms with E-state index in [-0.39, 0.29) is 12.2 Å². The molecule has 1 aromatic rings. The largest absolute Gasteiger partial charge is 0.508 e. The van der Waals surface area contributed by atoms with Crippen molar-refractivity contribution in [3.63, 3.8) is 0 Å². The number of aliphatic carboxylic acids is 1. The maximum atomic E-state index is 12.8. The lowest BCUT2D eigenvalue weighted by molar-refractivity contribution is -0.143. The van der Waals surface area contributed by atoms with Gasteiger partial charge < -0.3 is 47.4 Å². The van der Waals surface area contributed by atoms with E-state index < -0.39 is 79.4 Å². The number of carbonyl (C=O) groups excluding carboxylic acids is 4. The van der Waals surface area contributed by atoms with E-state index in [2.05, 4.69) is 21.3 Å². The number of aromatic hydroxyl groups is 1. The summed E-state index contributed by atoms with van der Waals surface area (Å²) in [5, 5.41) is 46.1. The minimum Gasteiger partial charge on any atom is -0.508 e. The van der Waals surface area contributed by atoms with Gasteiger partial charge in [-0.15, -0.1) is 0 Å². The first-order valence-corrected chi connectivity index (χ1v) is 11.6. The van der Waals surface area contributed by atoms with Crippen LogP contribution in [0.1, 0.15) is 25.8 Å². The van der Waals surface area contributed by atoms with Crippen molar-refractivity contribution in [3.05, 3.63) is 29.8 Å². The van der Waals surface area contributed by atoms with Crippen molar-refractivity contribution >= 4 is 29.6 Å². The van der Waals surface area contributed by atoms with Gasteiger partial charge in [0.05, 0.1) is 19.8 Å². The van der Waals surface area contributed by atoms with Gasteiger partial charge in [-0.1, -0.05) is 32.4 Å². The van der Waals surface area contributed by atoms with E-state index in [0.29, 0.717) is 12.0 Å². The number of phenolic OH excluding ortho intramolecular Hbond substituents is 1. The summed E-state index contributed by atoms with van der Waals surface area (Å²) in [5.74, 6) is -4.97.